The van der Waals surface area contributed by atoms with E-state index in [9.17, 15) is 5.11 Å². The van der Waals surface area contributed by atoms with Crippen LogP contribution >= 0.6 is 0 Å². The molecule has 4 heteroatoms. The first-order chi connectivity index (χ1) is 11.1. The van der Waals surface area contributed by atoms with Crippen LogP contribution in [0.15, 0.2) is 23.8 Å². The molecular formula is C19H25NO3. The van der Waals surface area contributed by atoms with E-state index in [-0.39, 0.29) is 11.5 Å². The molecule has 0 unspecified atom stereocenters. The second-order valence-electron chi connectivity index (χ2n) is 7.05. The van der Waals surface area contributed by atoms with E-state index in [1.54, 1.807) is 7.11 Å². The van der Waals surface area contributed by atoms with E-state index < -0.39 is 6.10 Å². The van der Waals surface area contributed by atoms with E-state index in [1.807, 2.05) is 6.07 Å². The highest BCUT2D eigenvalue weighted by Crippen LogP contribution is 2.58. The lowest BCUT2D eigenvalue weighted by atomic mass is 9.63. The second kappa shape index (κ2) is 5.25. The van der Waals surface area contributed by atoms with Gasteiger partial charge in [-0.05, 0) is 38.1 Å². The number of nitrogens with zero attached hydrogens (tertiary/aromatic N) is 1. The lowest BCUT2D eigenvalue weighted by Gasteiger charge is -2.41. The zero-order chi connectivity index (χ0) is 16.2. The number of rotatable bonds is 2. The fraction of sp³-hybridized carbons (Fsp3) is 0.579. The third-order valence-corrected chi connectivity index (χ3v) is 5.81. The number of hydrogen-bond donors (Lipinski definition) is 1. The van der Waals surface area contributed by atoms with Crippen molar-refractivity contribution in [1.82, 2.24) is 4.90 Å². The van der Waals surface area contributed by atoms with E-state index in [0.717, 1.165) is 37.4 Å². The summed E-state index contributed by atoms with van der Waals surface area (Å²) in [6, 6.07) is 4.20. The number of aliphatic hydroxyl groups is 1. The summed E-state index contributed by atoms with van der Waals surface area (Å²) >= 11 is 0. The largest absolute Gasteiger partial charge is 0.493 e. The Hall–Kier alpha value is -1.52. The van der Waals surface area contributed by atoms with Crippen molar-refractivity contribution < 1.29 is 14.6 Å². The lowest BCUT2D eigenvalue weighted by molar-refractivity contribution is 0.0747. The van der Waals surface area contributed by atoms with Gasteiger partial charge in [0.25, 0.3) is 0 Å². The van der Waals surface area contributed by atoms with Gasteiger partial charge in [0.15, 0.2) is 11.5 Å². The van der Waals surface area contributed by atoms with E-state index in [4.69, 9.17) is 9.47 Å². The molecule has 1 aliphatic carbocycles. The van der Waals surface area contributed by atoms with Gasteiger partial charge >= 0.3 is 0 Å². The molecular weight excluding hydrogens is 290 g/mol. The molecule has 1 N–H and O–H groups in total. The summed E-state index contributed by atoms with van der Waals surface area (Å²) in [7, 11) is 3.88. The predicted molar refractivity (Wildman–Crippen MR) is 89.0 cm³/mol. The Balaban J connectivity index is 2.00. The molecule has 0 bridgehead atoms. The molecule has 4 nitrogen and oxygen atoms in total. The van der Waals surface area contributed by atoms with Gasteiger partial charge in [0.05, 0.1) is 18.6 Å². The first kappa shape index (κ1) is 15.0. The number of hydrogen-bond acceptors (Lipinski definition) is 4. The Bertz CT molecular complexity index is 669. The van der Waals surface area contributed by atoms with E-state index in [2.05, 4.69) is 31.0 Å². The highest BCUT2D eigenvalue weighted by Gasteiger charge is 2.55. The van der Waals surface area contributed by atoms with Crippen LogP contribution in [-0.4, -0.2) is 42.9 Å². The molecule has 0 fully saturated rings. The summed E-state index contributed by atoms with van der Waals surface area (Å²) in [6.45, 7) is 4.15. The van der Waals surface area contributed by atoms with Crippen LogP contribution in [0.3, 0.4) is 0 Å². The molecule has 4 rings (SSSR count). The van der Waals surface area contributed by atoms with Crippen molar-refractivity contribution in [3.05, 3.63) is 34.9 Å². The number of methoxy groups -OCH3 is 1. The van der Waals surface area contributed by atoms with Crippen molar-refractivity contribution >= 4 is 0 Å². The molecule has 2 heterocycles. The van der Waals surface area contributed by atoms with Crippen LogP contribution in [-0.2, 0) is 12.0 Å². The Kier molecular flexibility index (Phi) is 3.43. The molecule has 0 saturated carbocycles. The van der Waals surface area contributed by atoms with Crippen LogP contribution in [0.25, 0.3) is 0 Å². The van der Waals surface area contributed by atoms with Gasteiger partial charge in [-0.25, -0.2) is 0 Å². The monoisotopic (exact) mass is 315 g/mol. The maximum Gasteiger partial charge on any atom is 0.166 e. The second-order valence-corrected chi connectivity index (χ2v) is 7.05. The third kappa shape index (κ3) is 1.98. The van der Waals surface area contributed by atoms with E-state index in [1.165, 1.54) is 16.7 Å². The number of aliphatic hydroxyl groups excluding tert-OH is 1. The highest BCUT2D eigenvalue weighted by atomic mass is 16.5. The fourth-order valence-corrected chi connectivity index (χ4v) is 4.81. The van der Waals surface area contributed by atoms with Crippen LogP contribution in [0, 0.1) is 0 Å². The van der Waals surface area contributed by atoms with Gasteiger partial charge in [-0.1, -0.05) is 24.6 Å². The molecule has 23 heavy (non-hydrogen) atoms. The number of benzene rings is 1. The zero-order valence-electron chi connectivity index (χ0n) is 14.1. The van der Waals surface area contributed by atoms with Crippen LogP contribution in [0.5, 0.6) is 11.5 Å². The lowest BCUT2D eigenvalue weighted by Crippen LogP contribution is -2.46. The van der Waals surface area contributed by atoms with Crippen LogP contribution in [0.4, 0.5) is 0 Å². The van der Waals surface area contributed by atoms with Gasteiger partial charge in [-0.3, -0.25) is 0 Å². The molecule has 3 aliphatic rings. The van der Waals surface area contributed by atoms with Crippen molar-refractivity contribution in [2.45, 2.75) is 50.4 Å². The average molecular weight is 315 g/mol. The Morgan fingerprint density at radius 2 is 2.26 bits per heavy atom. The Morgan fingerprint density at radius 1 is 1.43 bits per heavy atom. The first-order valence-electron chi connectivity index (χ1n) is 8.55. The summed E-state index contributed by atoms with van der Waals surface area (Å²) in [6.07, 6.45) is 4.30. The minimum Gasteiger partial charge on any atom is -0.493 e. The van der Waals surface area contributed by atoms with Crippen molar-refractivity contribution in [3.8, 4) is 11.5 Å². The molecule has 0 saturated heterocycles. The molecule has 3 atom stereocenters. The summed E-state index contributed by atoms with van der Waals surface area (Å²) in [5.74, 6) is 1.71. The molecule has 2 aliphatic heterocycles. The maximum atomic E-state index is 10.3. The topological polar surface area (TPSA) is 41.9 Å². The average Bonchev–Trinajstić information content (AvgIpc) is 2.79. The van der Waals surface area contributed by atoms with Crippen molar-refractivity contribution in [3.63, 3.8) is 0 Å². The van der Waals surface area contributed by atoms with Gasteiger partial charge in [-0.2, -0.15) is 0 Å². The third-order valence-electron chi connectivity index (χ3n) is 5.81. The zero-order valence-corrected chi connectivity index (χ0v) is 14.1. The molecule has 1 spiro atoms. The van der Waals surface area contributed by atoms with Crippen molar-refractivity contribution in [2.24, 2.45) is 0 Å². The van der Waals surface area contributed by atoms with E-state index >= 15 is 0 Å². The van der Waals surface area contributed by atoms with Gasteiger partial charge in [0, 0.05) is 18.5 Å². The normalized spacial score (nSPS) is 32.4. The Morgan fingerprint density at radius 3 is 3.00 bits per heavy atom. The maximum absolute atomic E-state index is 10.3. The number of ether oxygens (including phenoxy) is 2. The van der Waals surface area contributed by atoms with Gasteiger partial charge in [0.1, 0.15) is 6.10 Å². The molecule has 0 radical (unpaired) electrons. The molecule has 1 aromatic carbocycles. The van der Waals surface area contributed by atoms with Gasteiger partial charge < -0.3 is 19.5 Å². The minimum atomic E-state index is -0.412. The molecule has 0 aromatic heterocycles. The van der Waals surface area contributed by atoms with Gasteiger partial charge in [-0.15, -0.1) is 0 Å². The predicted octanol–water partition coefficient (Wildman–Crippen LogP) is 2.63. The van der Waals surface area contributed by atoms with Crippen LogP contribution < -0.4 is 9.47 Å². The summed E-state index contributed by atoms with van der Waals surface area (Å²) < 4.78 is 12.0. The van der Waals surface area contributed by atoms with E-state index in [0.29, 0.717) is 6.42 Å². The quantitative estimate of drug-likeness (QED) is 0.852. The van der Waals surface area contributed by atoms with Crippen molar-refractivity contribution in [2.75, 3.05) is 20.7 Å². The minimum absolute atomic E-state index is 0.00833. The summed E-state index contributed by atoms with van der Waals surface area (Å²) in [5.41, 5.74) is 3.87. The SMILES string of the molecule is CCC1=C[C@H](O)C[C@@H]2Oc3c(OC)ccc4c3[C@]12CCN(C)C4. The molecule has 1 aromatic rings. The van der Waals surface area contributed by atoms with Crippen LogP contribution in [0.2, 0.25) is 0 Å². The van der Waals surface area contributed by atoms with Gasteiger partial charge in [0.2, 0.25) is 0 Å². The molecule has 124 valence electrons. The summed E-state index contributed by atoms with van der Waals surface area (Å²) in [5, 5.41) is 10.3. The summed E-state index contributed by atoms with van der Waals surface area (Å²) in [4.78, 5) is 2.38. The van der Waals surface area contributed by atoms with Crippen molar-refractivity contribution in [1.29, 1.82) is 0 Å². The Labute approximate surface area is 137 Å². The van der Waals surface area contributed by atoms with Crippen LogP contribution in [0.1, 0.15) is 37.3 Å². The highest BCUT2D eigenvalue weighted by molar-refractivity contribution is 5.62. The standard InChI is InChI=1S/C19H25NO3/c1-4-13-9-14(21)10-16-19(13)7-8-20(2)11-12-5-6-15(22-3)18(23-16)17(12)19/h5-6,9,14,16,21H,4,7-8,10-11H2,1-3H3/t14-,16-,19+/m0/s1. The fourth-order valence-electron chi connectivity index (χ4n) is 4.81. The molecule has 0 amide bonds. The smallest absolute Gasteiger partial charge is 0.166 e. The first-order valence-corrected chi connectivity index (χ1v) is 8.55.